The van der Waals surface area contributed by atoms with E-state index in [0.29, 0.717) is 11.1 Å². The smallest absolute Gasteiger partial charge is 0.179 e. The topological polar surface area (TPSA) is 52.5 Å². The minimum absolute atomic E-state index is 0.604. The lowest BCUT2D eigenvalue weighted by molar-refractivity contribution is 1.18. The summed E-state index contributed by atoms with van der Waals surface area (Å²) in [5, 5.41) is 27.0. The van der Waals surface area contributed by atoms with Gasteiger partial charge in [-0.3, -0.25) is 0 Å². The van der Waals surface area contributed by atoms with Gasteiger partial charge in [0.2, 0.25) is 0 Å². The molecule has 224 valence electrons. The Morgan fingerprint density at radius 3 is 1.48 bits per heavy atom. The van der Waals surface area contributed by atoms with Crippen LogP contribution >= 0.6 is 0 Å². The molecule has 4 heteroatoms. The van der Waals surface area contributed by atoms with Crippen molar-refractivity contribution in [1.29, 1.82) is 10.5 Å². The first-order chi connectivity index (χ1) is 23.7. The van der Waals surface area contributed by atoms with E-state index in [2.05, 4.69) is 144 Å². The van der Waals surface area contributed by atoms with Gasteiger partial charge in [0.05, 0.1) is 40.0 Å². The van der Waals surface area contributed by atoms with E-state index in [4.69, 9.17) is 0 Å². The Kier molecular flexibility index (Phi) is 7.27. The highest BCUT2D eigenvalue weighted by molar-refractivity contribution is 7.19. The van der Waals surface area contributed by atoms with Gasteiger partial charge in [-0.15, -0.1) is 0 Å². The van der Waals surface area contributed by atoms with E-state index in [0.717, 1.165) is 38.6 Å². The maximum Gasteiger partial charge on any atom is 0.179 e. The van der Waals surface area contributed by atoms with E-state index >= 15 is 0 Å². The number of hydrogen-bond acceptors (Lipinski definition) is 2. The fraction of sp³-hybridized carbons (Fsp3) is 0. The van der Waals surface area contributed by atoms with Crippen molar-refractivity contribution < 1.29 is 0 Å². The highest BCUT2D eigenvalue weighted by Gasteiger charge is 2.41. The first kappa shape index (κ1) is 29.0. The standard InChI is InChI=1S/C44H29N3Si/c45-30-32-20-26-43(47-42-19-11-10-18-39(42)41-29-33(31-46)21-27-44(41)47)40(28-32)34-22-24-38(25-23-34)48(35-12-4-1-5-13-35,36-14-6-2-7-15-36)37-16-8-3-9-17-37/h1-29H. The summed E-state index contributed by atoms with van der Waals surface area (Å²) >= 11 is 0. The van der Waals surface area contributed by atoms with Crippen LogP contribution in [0.2, 0.25) is 0 Å². The molecule has 0 saturated carbocycles. The van der Waals surface area contributed by atoms with Gasteiger partial charge in [0.1, 0.15) is 0 Å². The molecule has 0 bridgehead atoms. The van der Waals surface area contributed by atoms with Gasteiger partial charge in [0, 0.05) is 16.3 Å². The minimum atomic E-state index is -2.67. The summed E-state index contributed by atoms with van der Waals surface area (Å²) in [5.41, 5.74) is 6.28. The third-order valence-electron chi connectivity index (χ3n) is 9.42. The van der Waals surface area contributed by atoms with Crippen molar-refractivity contribution in [2.24, 2.45) is 0 Å². The molecule has 0 amide bonds. The molecule has 1 aromatic heterocycles. The number of para-hydroxylation sites is 1. The van der Waals surface area contributed by atoms with Crippen LogP contribution in [0.25, 0.3) is 38.6 Å². The third-order valence-corrected chi connectivity index (χ3v) is 14.2. The van der Waals surface area contributed by atoms with Crippen LogP contribution in [0.3, 0.4) is 0 Å². The molecule has 0 N–H and O–H groups in total. The summed E-state index contributed by atoms with van der Waals surface area (Å²) in [6.45, 7) is 0. The zero-order valence-corrected chi connectivity index (χ0v) is 27.1. The fourth-order valence-corrected chi connectivity index (χ4v) is 12.0. The summed E-state index contributed by atoms with van der Waals surface area (Å²) < 4.78 is 2.26. The average molecular weight is 628 g/mol. The SMILES string of the molecule is N#Cc1ccc(-n2c3ccccc3c3cc(C#N)ccc32)c(-c2ccc([Si](c3ccccc3)(c3ccccc3)c3ccccc3)cc2)c1. The maximum absolute atomic E-state index is 9.98. The molecule has 8 aromatic rings. The Hall–Kier alpha value is -6.46. The van der Waals surface area contributed by atoms with Crippen molar-refractivity contribution in [2.45, 2.75) is 0 Å². The lowest BCUT2D eigenvalue weighted by Crippen LogP contribution is -2.74. The number of aromatic nitrogens is 1. The van der Waals surface area contributed by atoms with Gasteiger partial charge in [-0.2, -0.15) is 10.5 Å². The van der Waals surface area contributed by atoms with E-state index < -0.39 is 8.07 Å². The summed E-state index contributed by atoms with van der Waals surface area (Å²) in [4.78, 5) is 0. The molecule has 0 aliphatic heterocycles. The predicted molar refractivity (Wildman–Crippen MR) is 199 cm³/mol. The second-order valence-corrected chi connectivity index (χ2v) is 15.8. The second kappa shape index (κ2) is 12.0. The van der Waals surface area contributed by atoms with Gasteiger partial charge >= 0.3 is 0 Å². The summed E-state index contributed by atoms with van der Waals surface area (Å²) in [6, 6.07) is 66.5. The van der Waals surface area contributed by atoms with Gasteiger partial charge in [-0.05, 0) is 68.8 Å². The van der Waals surface area contributed by atoms with Crippen molar-refractivity contribution in [1.82, 2.24) is 4.57 Å². The zero-order chi connectivity index (χ0) is 32.5. The first-order valence-corrected chi connectivity index (χ1v) is 18.0. The van der Waals surface area contributed by atoms with Gasteiger partial charge in [-0.25, -0.2) is 0 Å². The van der Waals surface area contributed by atoms with Crippen LogP contribution in [0.1, 0.15) is 11.1 Å². The number of nitrogens with zero attached hydrogens (tertiary/aromatic N) is 3. The molecule has 0 fully saturated rings. The zero-order valence-electron chi connectivity index (χ0n) is 26.1. The molecule has 7 aromatic carbocycles. The normalized spacial score (nSPS) is 11.3. The van der Waals surface area contributed by atoms with E-state index in [1.807, 2.05) is 48.5 Å². The fourth-order valence-electron chi connectivity index (χ4n) is 7.30. The predicted octanol–water partition coefficient (Wildman–Crippen LogP) is 7.57. The van der Waals surface area contributed by atoms with Crippen LogP contribution < -0.4 is 20.7 Å². The van der Waals surface area contributed by atoms with Crippen LogP contribution in [-0.2, 0) is 0 Å². The van der Waals surface area contributed by atoms with Crippen LogP contribution in [0.4, 0.5) is 0 Å². The van der Waals surface area contributed by atoms with Crippen molar-refractivity contribution in [2.75, 3.05) is 0 Å². The first-order valence-electron chi connectivity index (χ1n) is 16.0. The van der Waals surface area contributed by atoms with Crippen molar-refractivity contribution in [3.63, 3.8) is 0 Å². The molecule has 0 spiro atoms. The van der Waals surface area contributed by atoms with Crippen molar-refractivity contribution in [3.05, 3.63) is 187 Å². The highest BCUT2D eigenvalue weighted by Crippen LogP contribution is 2.37. The summed E-state index contributed by atoms with van der Waals surface area (Å²) in [7, 11) is -2.67. The molecular weight excluding hydrogens is 599 g/mol. The Labute approximate surface area is 280 Å². The Morgan fingerprint density at radius 1 is 0.417 bits per heavy atom. The molecule has 3 nitrogen and oxygen atoms in total. The second-order valence-electron chi connectivity index (χ2n) is 12.0. The number of benzene rings is 7. The number of hydrogen-bond donors (Lipinski definition) is 0. The Balaban J connectivity index is 1.37. The van der Waals surface area contributed by atoms with Gasteiger partial charge < -0.3 is 4.57 Å². The molecule has 0 aliphatic rings. The van der Waals surface area contributed by atoms with E-state index in [-0.39, 0.29) is 0 Å². The number of rotatable bonds is 6. The van der Waals surface area contributed by atoms with Crippen molar-refractivity contribution >= 4 is 50.6 Å². The minimum Gasteiger partial charge on any atom is -0.309 e. The highest BCUT2D eigenvalue weighted by atomic mass is 28.3. The van der Waals surface area contributed by atoms with E-state index in [9.17, 15) is 10.5 Å². The average Bonchev–Trinajstić information content (AvgIpc) is 3.50. The number of fused-ring (bicyclic) bond motifs is 3. The molecule has 0 radical (unpaired) electrons. The Morgan fingerprint density at radius 2 is 0.896 bits per heavy atom. The largest absolute Gasteiger partial charge is 0.309 e. The quantitative estimate of drug-likeness (QED) is 0.141. The molecule has 1 heterocycles. The Bertz CT molecular complexity index is 2410. The lowest BCUT2D eigenvalue weighted by atomic mass is 10.0. The van der Waals surface area contributed by atoms with Gasteiger partial charge in [-0.1, -0.05) is 133 Å². The summed E-state index contributed by atoms with van der Waals surface area (Å²) in [6.07, 6.45) is 0. The van der Waals surface area contributed by atoms with Crippen molar-refractivity contribution in [3.8, 4) is 29.0 Å². The van der Waals surface area contributed by atoms with Gasteiger partial charge in [0.25, 0.3) is 0 Å². The third kappa shape index (κ3) is 4.64. The van der Waals surface area contributed by atoms with Crippen LogP contribution in [-0.4, -0.2) is 12.6 Å². The molecular formula is C44H29N3Si. The monoisotopic (exact) mass is 627 g/mol. The molecule has 0 atom stereocenters. The lowest BCUT2D eigenvalue weighted by Gasteiger charge is -2.34. The molecule has 0 unspecified atom stereocenters. The van der Waals surface area contributed by atoms with Crippen LogP contribution in [0, 0.1) is 22.7 Å². The molecule has 48 heavy (non-hydrogen) atoms. The van der Waals surface area contributed by atoms with Gasteiger partial charge in [0.15, 0.2) is 8.07 Å². The molecule has 8 rings (SSSR count). The van der Waals surface area contributed by atoms with E-state index in [1.54, 1.807) is 0 Å². The molecule has 0 saturated heterocycles. The number of nitriles is 2. The van der Waals surface area contributed by atoms with Crippen LogP contribution in [0.5, 0.6) is 0 Å². The summed E-state index contributed by atoms with van der Waals surface area (Å²) in [5.74, 6) is 0. The molecule has 0 aliphatic carbocycles. The maximum atomic E-state index is 9.98. The van der Waals surface area contributed by atoms with E-state index in [1.165, 1.54) is 20.7 Å². The van der Waals surface area contributed by atoms with Crippen LogP contribution in [0.15, 0.2) is 176 Å².